The largest absolute Gasteiger partial charge is 0.480 e. The van der Waals surface area contributed by atoms with Gasteiger partial charge in [-0.15, -0.1) is 0 Å². The number of carboxylic acids is 1. The number of aliphatic hydroxyl groups excluding tert-OH is 1. The fourth-order valence-corrected chi connectivity index (χ4v) is 0.860. The molecule has 0 aliphatic rings. The van der Waals surface area contributed by atoms with Gasteiger partial charge < -0.3 is 15.5 Å². The van der Waals surface area contributed by atoms with Gasteiger partial charge >= 0.3 is 5.97 Å². The highest BCUT2D eigenvalue weighted by molar-refractivity contribution is 5.91. The summed E-state index contributed by atoms with van der Waals surface area (Å²) in [5, 5.41) is 19.5. The lowest BCUT2D eigenvalue weighted by molar-refractivity contribution is -0.141. The van der Waals surface area contributed by atoms with E-state index in [4.69, 9.17) is 10.2 Å². The molecule has 5 heteroatoms. The van der Waals surface area contributed by atoms with E-state index in [1.807, 2.05) is 0 Å². The predicted octanol–water partition coefficient (Wildman–Crippen LogP) is 0.0705. The molecule has 0 saturated heterocycles. The Morgan fingerprint density at radius 3 is 2.53 bits per heavy atom. The van der Waals surface area contributed by atoms with Crippen LogP contribution in [0.3, 0.4) is 0 Å². The Morgan fingerprint density at radius 2 is 2.07 bits per heavy atom. The lowest BCUT2D eigenvalue weighted by Crippen LogP contribution is -2.40. The van der Waals surface area contributed by atoms with E-state index in [0.29, 0.717) is 0 Å². The fraction of sp³-hybridized carbons (Fsp3) is 0.400. The molecule has 0 fully saturated rings. The van der Waals surface area contributed by atoms with Crippen LogP contribution in [0.4, 0.5) is 0 Å². The van der Waals surface area contributed by atoms with Crippen LogP contribution in [0.15, 0.2) is 24.3 Å². The Balaban J connectivity index is 4.16. The standard InChI is InChI=1S/C10H15NO4/c1-2-3-4-5-9(13)11-8(6-7-12)10(14)15/h2-5,8,12H,6-7H2,1H3,(H,11,13)(H,14,15). The average Bonchev–Trinajstić information content (AvgIpc) is 2.17. The summed E-state index contributed by atoms with van der Waals surface area (Å²) in [6, 6.07) is -1.04. The number of carbonyl (C=O) groups excluding carboxylic acids is 1. The Labute approximate surface area is 88.1 Å². The van der Waals surface area contributed by atoms with E-state index >= 15 is 0 Å². The SMILES string of the molecule is CC=CC=CC(=O)NC(CCO)C(=O)O. The van der Waals surface area contributed by atoms with Gasteiger partial charge in [0.2, 0.25) is 5.91 Å². The van der Waals surface area contributed by atoms with Gasteiger partial charge in [0, 0.05) is 19.1 Å². The van der Waals surface area contributed by atoms with Gasteiger partial charge in [-0.1, -0.05) is 18.2 Å². The second-order valence-corrected chi connectivity index (χ2v) is 2.80. The third-order valence-electron chi connectivity index (χ3n) is 1.58. The molecule has 84 valence electrons. The minimum atomic E-state index is -1.16. The number of carboxylic acid groups (broad SMARTS) is 1. The van der Waals surface area contributed by atoms with Crippen molar-refractivity contribution in [2.75, 3.05) is 6.61 Å². The molecule has 0 radical (unpaired) electrons. The Morgan fingerprint density at radius 1 is 1.40 bits per heavy atom. The van der Waals surface area contributed by atoms with E-state index < -0.39 is 17.9 Å². The van der Waals surface area contributed by atoms with Crippen LogP contribution in [-0.4, -0.2) is 34.7 Å². The monoisotopic (exact) mass is 213 g/mol. The van der Waals surface area contributed by atoms with Crippen LogP contribution in [0.25, 0.3) is 0 Å². The molecule has 0 bridgehead atoms. The van der Waals surface area contributed by atoms with Crippen LogP contribution in [0.1, 0.15) is 13.3 Å². The molecule has 1 atom stereocenters. The number of allylic oxidation sites excluding steroid dienone is 3. The van der Waals surface area contributed by atoms with Gasteiger partial charge in [-0.2, -0.15) is 0 Å². The number of rotatable bonds is 6. The number of aliphatic carboxylic acids is 1. The Bertz CT molecular complexity index is 271. The van der Waals surface area contributed by atoms with E-state index in [9.17, 15) is 9.59 Å². The van der Waals surface area contributed by atoms with E-state index in [2.05, 4.69) is 5.32 Å². The maximum absolute atomic E-state index is 11.1. The number of carbonyl (C=O) groups is 2. The molecule has 0 saturated carbocycles. The van der Waals surface area contributed by atoms with Crippen LogP contribution in [0.5, 0.6) is 0 Å². The first-order valence-electron chi connectivity index (χ1n) is 4.55. The highest BCUT2D eigenvalue weighted by atomic mass is 16.4. The molecule has 3 N–H and O–H groups in total. The van der Waals surface area contributed by atoms with Gasteiger partial charge in [0.25, 0.3) is 0 Å². The van der Waals surface area contributed by atoms with Crippen molar-refractivity contribution in [2.24, 2.45) is 0 Å². The molecule has 0 aliphatic heterocycles. The maximum atomic E-state index is 11.1. The summed E-state index contributed by atoms with van der Waals surface area (Å²) in [6.07, 6.45) is 6.13. The third-order valence-corrected chi connectivity index (χ3v) is 1.58. The molecule has 0 aromatic rings. The van der Waals surface area contributed by atoms with Gasteiger partial charge in [0.05, 0.1) is 0 Å². The van der Waals surface area contributed by atoms with Gasteiger partial charge in [-0.25, -0.2) is 4.79 Å². The molecular weight excluding hydrogens is 198 g/mol. The molecule has 1 unspecified atom stereocenters. The number of hydrogen-bond acceptors (Lipinski definition) is 3. The normalized spacial score (nSPS) is 13.2. The van der Waals surface area contributed by atoms with E-state index in [1.165, 1.54) is 12.2 Å². The fourth-order valence-electron chi connectivity index (χ4n) is 0.860. The molecule has 0 aliphatic carbocycles. The minimum absolute atomic E-state index is 0.00146. The molecule has 0 heterocycles. The zero-order valence-electron chi connectivity index (χ0n) is 8.51. The lowest BCUT2D eigenvalue weighted by atomic mass is 10.2. The molecule has 1 amide bonds. The van der Waals surface area contributed by atoms with Gasteiger partial charge in [0.15, 0.2) is 0 Å². The van der Waals surface area contributed by atoms with Crippen molar-refractivity contribution in [1.82, 2.24) is 5.32 Å². The summed E-state index contributed by atoms with van der Waals surface area (Å²) in [4.78, 5) is 21.7. The summed E-state index contributed by atoms with van der Waals surface area (Å²) < 4.78 is 0. The molecule has 0 rings (SSSR count). The van der Waals surface area contributed by atoms with Crippen molar-refractivity contribution >= 4 is 11.9 Å². The first-order chi connectivity index (χ1) is 7.11. The molecule has 0 spiro atoms. The third kappa shape index (κ3) is 6.45. The van der Waals surface area contributed by atoms with Crippen molar-refractivity contribution in [1.29, 1.82) is 0 Å². The van der Waals surface area contributed by atoms with E-state index in [1.54, 1.807) is 19.1 Å². The van der Waals surface area contributed by atoms with Gasteiger partial charge in [-0.05, 0) is 6.92 Å². The summed E-state index contributed by atoms with van der Waals surface area (Å²) >= 11 is 0. The van der Waals surface area contributed by atoms with Crippen molar-refractivity contribution in [3.63, 3.8) is 0 Å². The second kappa shape index (κ2) is 7.75. The number of nitrogens with one attached hydrogen (secondary N) is 1. The van der Waals surface area contributed by atoms with Crippen LogP contribution in [-0.2, 0) is 9.59 Å². The summed E-state index contributed by atoms with van der Waals surface area (Å²) in [5.41, 5.74) is 0. The molecule has 5 nitrogen and oxygen atoms in total. The Kier molecular flexibility index (Phi) is 6.92. The average molecular weight is 213 g/mol. The zero-order chi connectivity index (χ0) is 11.7. The van der Waals surface area contributed by atoms with Crippen molar-refractivity contribution in [2.45, 2.75) is 19.4 Å². The maximum Gasteiger partial charge on any atom is 0.326 e. The van der Waals surface area contributed by atoms with Crippen LogP contribution in [0.2, 0.25) is 0 Å². The predicted molar refractivity (Wildman–Crippen MR) is 55.2 cm³/mol. The van der Waals surface area contributed by atoms with Crippen LogP contribution >= 0.6 is 0 Å². The van der Waals surface area contributed by atoms with E-state index in [0.717, 1.165) is 0 Å². The zero-order valence-corrected chi connectivity index (χ0v) is 8.51. The number of amides is 1. The highest BCUT2D eigenvalue weighted by Gasteiger charge is 2.17. The number of aliphatic hydroxyl groups is 1. The topological polar surface area (TPSA) is 86.6 Å². The van der Waals surface area contributed by atoms with Gasteiger partial charge in [-0.3, -0.25) is 4.79 Å². The minimum Gasteiger partial charge on any atom is -0.480 e. The lowest BCUT2D eigenvalue weighted by Gasteiger charge is -2.10. The summed E-state index contributed by atoms with van der Waals surface area (Å²) in [7, 11) is 0. The highest BCUT2D eigenvalue weighted by Crippen LogP contribution is 1.91. The van der Waals surface area contributed by atoms with Gasteiger partial charge in [0.1, 0.15) is 6.04 Å². The first kappa shape index (κ1) is 13.4. The molecule has 0 aromatic heterocycles. The molecule has 15 heavy (non-hydrogen) atoms. The smallest absolute Gasteiger partial charge is 0.326 e. The second-order valence-electron chi connectivity index (χ2n) is 2.80. The number of hydrogen-bond donors (Lipinski definition) is 3. The Hall–Kier alpha value is -1.62. The summed E-state index contributed by atoms with van der Waals surface area (Å²) in [6.45, 7) is 1.52. The quantitative estimate of drug-likeness (QED) is 0.430. The first-order valence-corrected chi connectivity index (χ1v) is 4.55. The molecule has 0 aromatic carbocycles. The van der Waals surface area contributed by atoms with Crippen molar-refractivity contribution < 1.29 is 19.8 Å². The van der Waals surface area contributed by atoms with E-state index in [-0.39, 0.29) is 13.0 Å². The van der Waals surface area contributed by atoms with Crippen LogP contribution in [0, 0.1) is 0 Å². The van der Waals surface area contributed by atoms with Crippen molar-refractivity contribution in [3.05, 3.63) is 24.3 Å². The molecular formula is C10H15NO4. The summed E-state index contributed by atoms with van der Waals surface area (Å²) in [5.74, 6) is -1.65. The van der Waals surface area contributed by atoms with Crippen molar-refractivity contribution in [3.8, 4) is 0 Å². The van der Waals surface area contributed by atoms with Crippen LogP contribution < -0.4 is 5.32 Å².